The molecule has 0 aliphatic rings. The second-order valence-electron chi connectivity index (χ2n) is 2.16. The van der Waals surface area contributed by atoms with Gasteiger partial charge >= 0.3 is 6.18 Å². The van der Waals surface area contributed by atoms with Gasteiger partial charge < -0.3 is 15.2 Å². The highest BCUT2D eigenvalue weighted by atomic mass is 19.4. The van der Waals surface area contributed by atoms with Gasteiger partial charge in [-0.3, -0.25) is 0 Å². The predicted octanol–water partition coefficient (Wildman–Crippen LogP) is 0.251. The molecule has 1 heterocycles. The number of hydrogen-bond acceptors (Lipinski definition) is 4. The standard InChI is InChI=1S/C6H4F3N3O2/c7-6(8,9)3-4(12-5(13)14)11-2-1-10-3/h1-2H,(H,11,12)(H,13,14)/p-1. The maximum Gasteiger partial charge on any atom is 0.437 e. The topological polar surface area (TPSA) is 77.9 Å². The van der Waals surface area contributed by atoms with Gasteiger partial charge in [0, 0.05) is 12.4 Å². The number of anilines is 1. The largest absolute Gasteiger partial charge is 0.530 e. The molecule has 0 saturated heterocycles. The van der Waals surface area contributed by atoms with Crippen LogP contribution < -0.4 is 10.4 Å². The Morgan fingerprint density at radius 1 is 1.36 bits per heavy atom. The molecule has 14 heavy (non-hydrogen) atoms. The van der Waals surface area contributed by atoms with Crippen molar-refractivity contribution in [1.82, 2.24) is 9.97 Å². The van der Waals surface area contributed by atoms with Crippen LogP contribution in [0.25, 0.3) is 0 Å². The summed E-state index contributed by atoms with van der Waals surface area (Å²) >= 11 is 0. The number of carboxylic acid groups (broad SMARTS) is 1. The zero-order chi connectivity index (χ0) is 10.8. The van der Waals surface area contributed by atoms with E-state index in [1.807, 2.05) is 0 Å². The number of aromatic nitrogens is 2. The summed E-state index contributed by atoms with van der Waals surface area (Å²) in [6, 6.07) is 0. The second kappa shape index (κ2) is 3.48. The first-order chi connectivity index (χ1) is 6.41. The van der Waals surface area contributed by atoms with Crippen molar-refractivity contribution in [2.75, 3.05) is 5.32 Å². The first kappa shape index (κ1) is 10.2. The summed E-state index contributed by atoms with van der Waals surface area (Å²) in [5.74, 6) is -0.889. The highest BCUT2D eigenvalue weighted by Crippen LogP contribution is 2.31. The molecular weight excluding hydrogens is 203 g/mol. The molecule has 76 valence electrons. The molecule has 0 aliphatic carbocycles. The van der Waals surface area contributed by atoms with Crippen molar-refractivity contribution in [3.63, 3.8) is 0 Å². The third-order valence-electron chi connectivity index (χ3n) is 1.19. The molecule has 0 saturated carbocycles. The number of amides is 1. The number of nitrogens with zero attached hydrogens (tertiary/aromatic N) is 2. The van der Waals surface area contributed by atoms with E-state index < -0.39 is 23.8 Å². The third-order valence-corrected chi connectivity index (χ3v) is 1.19. The summed E-state index contributed by atoms with van der Waals surface area (Å²) in [7, 11) is 0. The van der Waals surface area contributed by atoms with Crippen molar-refractivity contribution in [2.24, 2.45) is 0 Å². The normalized spacial score (nSPS) is 11.1. The fourth-order valence-corrected chi connectivity index (χ4v) is 0.734. The van der Waals surface area contributed by atoms with Gasteiger partial charge in [-0.25, -0.2) is 9.97 Å². The number of nitrogens with one attached hydrogen (secondary N) is 1. The Morgan fingerprint density at radius 3 is 2.43 bits per heavy atom. The van der Waals surface area contributed by atoms with Gasteiger partial charge in [0.2, 0.25) is 0 Å². The van der Waals surface area contributed by atoms with E-state index in [-0.39, 0.29) is 0 Å². The van der Waals surface area contributed by atoms with Gasteiger partial charge in [0.15, 0.2) is 11.5 Å². The Kier molecular flexibility index (Phi) is 2.54. The van der Waals surface area contributed by atoms with E-state index in [9.17, 15) is 23.1 Å². The number of alkyl halides is 3. The van der Waals surface area contributed by atoms with Crippen molar-refractivity contribution in [3.8, 4) is 0 Å². The molecule has 0 unspecified atom stereocenters. The molecule has 1 aromatic rings. The summed E-state index contributed by atoms with van der Waals surface area (Å²) in [6.45, 7) is 0. The molecule has 0 bridgehead atoms. The van der Waals surface area contributed by atoms with E-state index in [2.05, 4.69) is 9.97 Å². The number of carbonyl (C=O) groups excluding carboxylic acids is 1. The molecule has 1 aromatic heterocycles. The van der Waals surface area contributed by atoms with Gasteiger partial charge in [0.25, 0.3) is 0 Å². The first-order valence-electron chi connectivity index (χ1n) is 3.27. The summed E-state index contributed by atoms with van der Waals surface area (Å²) in [4.78, 5) is 16.1. The van der Waals surface area contributed by atoms with Crippen molar-refractivity contribution >= 4 is 11.9 Å². The van der Waals surface area contributed by atoms with E-state index in [0.717, 1.165) is 12.4 Å². The van der Waals surface area contributed by atoms with Crippen LogP contribution in [-0.4, -0.2) is 16.1 Å². The molecule has 0 fully saturated rings. The van der Waals surface area contributed by atoms with Gasteiger partial charge in [-0.1, -0.05) is 0 Å². The fourth-order valence-electron chi connectivity index (χ4n) is 0.734. The van der Waals surface area contributed by atoms with Crippen LogP contribution in [0.15, 0.2) is 12.4 Å². The summed E-state index contributed by atoms with van der Waals surface area (Å²) < 4.78 is 36.4. The highest BCUT2D eigenvalue weighted by Gasteiger charge is 2.36. The summed E-state index contributed by atoms with van der Waals surface area (Å²) in [6.07, 6.45) is -4.90. The van der Waals surface area contributed by atoms with E-state index in [4.69, 9.17) is 0 Å². The Hall–Kier alpha value is -1.86. The van der Waals surface area contributed by atoms with E-state index in [1.54, 1.807) is 0 Å². The number of carbonyl (C=O) groups is 1. The van der Waals surface area contributed by atoms with Crippen LogP contribution in [0.1, 0.15) is 5.69 Å². The van der Waals surface area contributed by atoms with Crippen LogP contribution in [0.2, 0.25) is 0 Å². The van der Waals surface area contributed by atoms with Crippen molar-refractivity contribution in [2.45, 2.75) is 6.18 Å². The Bertz CT molecular complexity index is 352. The summed E-state index contributed by atoms with van der Waals surface area (Å²) in [5, 5.41) is 11.4. The summed E-state index contributed by atoms with van der Waals surface area (Å²) in [5.41, 5.74) is -1.40. The van der Waals surface area contributed by atoms with Gasteiger partial charge in [-0.2, -0.15) is 13.2 Å². The lowest BCUT2D eigenvalue weighted by Crippen LogP contribution is -2.30. The minimum absolute atomic E-state index is 0.809. The molecule has 0 aromatic carbocycles. The van der Waals surface area contributed by atoms with Crippen molar-refractivity contribution in [1.29, 1.82) is 0 Å². The molecule has 0 radical (unpaired) electrons. The monoisotopic (exact) mass is 206 g/mol. The minimum atomic E-state index is -4.76. The lowest BCUT2D eigenvalue weighted by molar-refractivity contribution is -0.242. The molecular formula is C6H3F3N3O2-. The Balaban J connectivity index is 3.10. The molecule has 1 rings (SSSR count). The molecule has 1 N–H and O–H groups in total. The second-order valence-corrected chi connectivity index (χ2v) is 2.16. The van der Waals surface area contributed by atoms with Crippen LogP contribution >= 0.6 is 0 Å². The predicted molar refractivity (Wildman–Crippen MR) is 36.1 cm³/mol. The van der Waals surface area contributed by atoms with Gasteiger partial charge in [0.1, 0.15) is 6.09 Å². The van der Waals surface area contributed by atoms with Crippen LogP contribution in [0, 0.1) is 0 Å². The SMILES string of the molecule is O=C([O-])Nc1nccnc1C(F)(F)F. The van der Waals surface area contributed by atoms with Gasteiger partial charge in [0.05, 0.1) is 0 Å². The Morgan fingerprint density at radius 2 is 1.93 bits per heavy atom. The van der Waals surface area contributed by atoms with Crippen LogP contribution in [-0.2, 0) is 6.18 Å². The average Bonchev–Trinajstić information content (AvgIpc) is 2.01. The van der Waals surface area contributed by atoms with E-state index in [0.29, 0.717) is 0 Å². The van der Waals surface area contributed by atoms with E-state index >= 15 is 0 Å². The molecule has 0 spiro atoms. The molecule has 0 atom stereocenters. The number of hydrogen-bond donors (Lipinski definition) is 1. The molecule has 8 heteroatoms. The number of halogens is 3. The molecule has 5 nitrogen and oxygen atoms in total. The maximum atomic E-state index is 12.1. The molecule has 1 amide bonds. The maximum absolute atomic E-state index is 12.1. The number of rotatable bonds is 1. The lowest BCUT2D eigenvalue weighted by atomic mass is 10.4. The lowest BCUT2D eigenvalue weighted by Gasteiger charge is -2.11. The zero-order valence-corrected chi connectivity index (χ0v) is 6.50. The van der Waals surface area contributed by atoms with E-state index in [1.165, 1.54) is 5.32 Å². The Labute approximate surface area is 75.6 Å². The average molecular weight is 206 g/mol. The molecule has 0 aliphatic heterocycles. The zero-order valence-electron chi connectivity index (χ0n) is 6.50. The first-order valence-corrected chi connectivity index (χ1v) is 3.27. The highest BCUT2D eigenvalue weighted by molar-refractivity contribution is 5.80. The van der Waals surface area contributed by atoms with Gasteiger partial charge in [-0.15, -0.1) is 0 Å². The van der Waals surface area contributed by atoms with Gasteiger partial charge in [-0.05, 0) is 0 Å². The quantitative estimate of drug-likeness (QED) is 0.714. The van der Waals surface area contributed by atoms with Crippen LogP contribution in [0.4, 0.5) is 23.8 Å². The van der Waals surface area contributed by atoms with Crippen LogP contribution in [0.3, 0.4) is 0 Å². The van der Waals surface area contributed by atoms with Crippen molar-refractivity contribution < 1.29 is 23.1 Å². The third kappa shape index (κ3) is 2.31. The van der Waals surface area contributed by atoms with Crippen molar-refractivity contribution in [3.05, 3.63) is 18.1 Å². The fraction of sp³-hybridized carbons (Fsp3) is 0.167. The smallest absolute Gasteiger partial charge is 0.437 e. The minimum Gasteiger partial charge on any atom is -0.530 e. The van der Waals surface area contributed by atoms with Crippen LogP contribution in [0.5, 0.6) is 0 Å².